The van der Waals surface area contributed by atoms with Gasteiger partial charge in [-0.2, -0.15) is 0 Å². The fourth-order valence-corrected chi connectivity index (χ4v) is 2.59. The van der Waals surface area contributed by atoms with Gasteiger partial charge in [-0.3, -0.25) is 14.9 Å². The number of nitrogens with zero attached hydrogens (tertiary/aromatic N) is 1. The van der Waals surface area contributed by atoms with E-state index in [0.29, 0.717) is 22.3 Å². The van der Waals surface area contributed by atoms with Crippen molar-refractivity contribution in [2.24, 2.45) is 0 Å². The molecule has 21 heavy (non-hydrogen) atoms. The number of benzene rings is 1. The Labute approximate surface area is 127 Å². The van der Waals surface area contributed by atoms with Crippen LogP contribution in [0.15, 0.2) is 29.6 Å². The summed E-state index contributed by atoms with van der Waals surface area (Å²) in [5.74, 6) is -0.0871. The molecule has 6 heteroatoms. The zero-order chi connectivity index (χ0) is 15.4. The largest absolute Gasteiger partial charge is 0.326 e. The SMILES string of the molecule is CC(=O)Nc1cccc(C(=O)Nc2nc(C(C)C)cs2)c1. The maximum Gasteiger partial charge on any atom is 0.257 e. The van der Waals surface area contributed by atoms with Gasteiger partial charge in [0.25, 0.3) is 5.91 Å². The fourth-order valence-electron chi connectivity index (χ4n) is 1.72. The molecule has 1 aromatic heterocycles. The Morgan fingerprint density at radius 2 is 2.00 bits per heavy atom. The summed E-state index contributed by atoms with van der Waals surface area (Å²) in [6, 6.07) is 6.78. The van der Waals surface area contributed by atoms with Gasteiger partial charge in [0.15, 0.2) is 5.13 Å². The summed E-state index contributed by atoms with van der Waals surface area (Å²) < 4.78 is 0. The van der Waals surface area contributed by atoms with Crippen molar-refractivity contribution in [1.82, 2.24) is 4.98 Å². The second-order valence-electron chi connectivity index (χ2n) is 4.95. The van der Waals surface area contributed by atoms with Crippen molar-refractivity contribution in [2.45, 2.75) is 26.7 Å². The molecule has 0 fully saturated rings. The van der Waals surface area contributed by atoms with Crippen molar-refractivity contribution in [2.75, 3.05) is 10.6 Å². The molecular formula is C15H17N3O2S. The van der Waals surface area contributed by atoms with Crippen LogP contribution in [0.3, 0.4) is 0 Å². The lowest BCUT2D eigenvalue weighted by Crippen LogP contribution is -2.13. The second-order valence-corrected chi connectivity index (χ2v) is 5.81. The molecule has 0 radical (unpaired) electrons. The van der Waals surface area contributed by atoms with E-state index < -0.39 is 0 Å². The maximum atomic E-state index is 12.2. The van der Waals surface area contributed by atoms with Gasteiger partial charge in [0.1, 0.15) is 0 Å². The van der Waals surface area contributed by atoms with Crippen LogP contribution in [0.4, 0.5) is 10.8 Å². The van der Waals surface area contributed by atoms with E-state index in [1.165, 1.54) is 18.3 Å². The monoisotopic (exact) mass is 303 g/mol. The molecule has 0 saturated heterocycles. The summed E-state index contributed by atoms with van der Waals surface area (Å²) in [5, 5.41) is 7.94. The second kappa shape index (κ2) is 6.49. The topological polar surface area (TPSA) is 71.1 Å². The molecule has 2 amide bonds. The van der Waals surface area contributed by atoms with Gasteiger partial charge in [-0.25, -0.2) is 4.98 Å². The first-order valence-corrected chi connectivity index (χ1v) is 7.48. The molecule has 0 atom stereocenters. The predicted octanol–water partition coefficient (Wildman–Crippen LogP) is 3.48. The van der Waals surface area contributed by atoms with E-state index in [1.54, 1.807) is 24.3 Å². The van der Waals surface area contributed by atoms with Crippen LogP contribution in [-0.4, -0.2) is 16.8 Å². The number of carbonyl (C=O) groups is 2. The highest BCUT2D eigenvalue weighted by Crippen LogP contribution is 2.22. The van der Waals surface area contributed by atoms with Crippen LogP contribution in [0.1, 0.15) is 42.7 Å². The van der Waals surface area contributed by atoms with Gasteiger partial charge >= 0.3 is 0 Å². The summed E-state index contributed by atoms with van der Waals surface area (Å²) in [6.45, 7) is 5.53. The quantitative estimate of drug-likeness (QED) is 0.908. The summed E-state index contributed by atoms with van der Waals surface area (Å²) in [6.07, 6.45) is 0. The van der Waals surface area contributed by atoms with Gasteiger partial charge in [0.2, 0.25) is 5.91 Å². The molecule has 2 rings (SSSR count). The van der Waals surface area contributed by atoms with Crippen LogP contribution in [0.25, 0.3) is 0 Å². The Morgan fingerprint density at radius 3 is 2.62 bits per heavy atom. The minimum absolute atomic E-state index is 0.172. The first-order chi connectivity index (χ1) is 9.95. The van der Waals surface area contributed by atoms with Crippen LogP contribution in [-0.2, 0) is 4.79 Å². The minimum atomic E-state index is -0.244. The van der Waals surface area contributed by atoms with E-state index in [1.807, 2.05) is 5.38 Å². The number of nitrogens with one attached hydrogen (secondary N) is 2. The van der Waals surface area contributed by atoms with Crippen LogP contribution in [0, 0.1) is 0 Å². The van der Waals surface area contributed by atoms with Crippen molar-refractivity contribution in [3.63, 3.8) is 0 Å². The van der Waals surface area contributed by atoms with Gasteiger partial charge in [0, 0.05) is 23.6 Å². The summed E-state index contributed by atoms with van der Waals surface area (Å²) in [7, 11) is 0. The van der Waals surface area contributed by atoms with Crippen molar-refractivity contribution in [3.8, 4) is 0 Å². The standard InChI is InChI=1S/C15H17N3O2S/c1-9(2)13-8-21-15(17-13)18-14(20)11-5-4-6-12(7-11)16-10(3)19/h4-9H,1-3H3,(H,16,19)(H,17,18,20). The normalized spacial score (nSPS) is 10.5. The zero-order valence-corrected chi connectivity index (χ0v) is 13.0. The van der Waals surface area contributed by atoms with Crippen molar-refractivity contribution < 1.29 is 9.59 Å². The van der Waals surface area contributed by atoms with E-state index in [4.69, 9.17) is 0 Å². The summed E-state index contributed by atoms with van der Waals surface area (Å²) in [4.78, 5) is 27.6. The summed E-state index contributed by atoms with van der Waals surface area (Å²) in [5.41, 5.74) is 2.03. The molecule has 0 aliphatic carbocycles. The molecule has 110 valence electrons. The number of thiazole rings is 1. The zero-order valence-electron chi connectivity index (χ0n) is 12.1. The molecule has 0 aliphatic rings. The highest BCUT2D eigenvalue weighted by atomic mass is 32.1. The Bertz CT molecular complexity index is 664. The lowest BCUT2D eigenvalue weighted by molar-refractivity contribution is -0.114. The smallest absolute Gasteiger partial charge is 0.257 e. The molecule has 1 aromatic carbocycles. The number of carbonyl (C=O) groups excluding carboxylic acids is 2. The maximum absolute atomic E-state index is 12.2. The average Bonchev–Trinajstić information content (AvgIpc) is 2.87. The number of aromatic nitrogens is 1. The molecule has 5 nitrogen and oxygen atoms in total. The molecule has 0 unspecified atom stereocenters. The van der Waals surface area contributed by atoms with E-state index in [2.05, 4.69) is 29.5 Å². The van der Waals surface area contributed by atoms with Gasteiger partial charge < -0.3 is 5.32 Å². The van der Waals surface area contributed by atoms with Crippen LogP contribution >= 0.6 is 11.3 Å². The van der Waals surface area contributed by atoms with Crippen LogP contribution in [0.5, 0.6) is 0 Å². The van der Waals surface area contributed by atoms with E-state index in [9.17, 15) is 9.59 Å². The van der Waals surface area contributed by atoms with Crippen molar-refractivity contribution >= 4 is 34.0 Å². The Kier molecular flexibility index (Phi) is 4.70. The Morgan fingerprint density at radius 1 is 1.24 bits per heavy atom. The fraction of sp³-hybridized carbons (Fsp3) is 0.267. The van der Waals surface area contributed by atoms with E-state index in [0.717, 1.165) is 5.69 Å². The molecule has 0 bridgehead atoms. The number of anilines is 2. The molecule has 0 spiro atoms. The summed E-state index contributed by atoms with van der Waals surface area (Å²) >= 11 is 1.40. The average molecular weight is 303 g/mol. The van der Waals surface area contributed by atoms with Crippen molar-refractivity contribution in [3.05, 3.63) is 40.9 Å². The van der Waals surface area contributed by atoms with E-state index in [-0.39, 0.29) is 11.8 Å². The van der Waals surface area contributed by atoms with Crippen molar-refractivity contribution in [1.29, 1.82) is 0 Å². The third-order valence-electron chi connectivity index (χ3n) is 2.78. The minimum Gasteiger partial charge on any atom is -0.326 e. The Balaban J connectivity index is 2.10. The van der Waals surface area contributed by atoms with Gasteiger partial charge in [-0.05, 0) is 24.1 Å². The molecule has 1 heterocycles. The number of hydrogen-bond donors (Lipinski definition) is 2. The number of amides is 2. The molecule has 2 N–H and O–H groups in total. The van der Waals surface area contributed by atoms with Gasteiger partial charge in [-0.1, -0.05) is 19.9 Å². The van der Waals surface area contributed by atoms with Gasteiger partial charge in [0.05, 0.1) is 5.69 Å². The molecule has 0 saturated carbocycles. The van der Waals surface area contributed by atoms with Crippen LogP contribution < -0.4 is 10.6 Å². The third-order valence-corrected chi connectivity index (χ3v) is 3.56. The first kappa shape index (κ1) is 15.2. The molecular weight excluding hydrogens is 286 g/mol. The number of rotatable bonds is 4. The first-order valence-electron chi connectivity index (χ1n) is 6.60. The van der Waals surface area contributed by atoms with Gasteiger partial charge in [-0.15, -0.1) is 11.3 Å². The molecule has 0 aliphatic heterocycles. The Hall–Kier alpha value is -2.21. The lowest BCUT2D eigenvalue weighted by atomic mass is 10.2. The molecule has 2 aromatic rings. The third kappa shape index (κ3) is 4.13. The van der Waals surface area contributed by atoms with E-state index >= 15 is 0 Å². The van der Waals surface area contributed by atoms with Crippen LogP contribution in [0.2, 0.25) is 0 Å². The predicted molar refractivity (Wildman–Crippen MR) is 84.9 cm³/mol. The lowest BCUT2D eigenvalue weighted by Gasteiger charge is -2.05. The highest BCUT2D eigenvalue weighted by molar-refractivity contribution is 7.14. The highest BCUT2D eigenvalue weighted by Gasteiger charge is 2.11. The number of hydrogen-bond acceptors (Lipinski definition) is 4.